The minimum absolute atomic E-state index is 0.400. The Morgan fingerprint density at radius 1 is 1.10 bits per heavy atom. The molecule has 3 aromatic rings. The van der Waals surface area contributed by atoms with Crippen LogP contribution in [0.15, 0.2) is 35.7 Å². The van der Waals surface area contributed by atoms with Gasteiger partial charge in [0.25, 0.3) is 0 Å². The Labute approximate surface area is 126 Å². The van der Waals surface area contributed by atoms with Crippen LogP contribution in [-0.4, -0.2) is 24.1 Å². The number of aromatic nitrogens is 2. The molecule has 0 radical (unpaired) electrons. The van der Waals surface area contributed by atoms with Crippen LogP contribution in [0.2, 0.25) is 0 Å². The average molecular weight is 300 g/mol. The smallest absolute Gasteiger partial charge is 0.240 e. The highest BCUT2D eigenvalue weighted by Gasteiger charge is 2.08. The third-order valence-corrected chi connectivity index (χ3v) is 3.91. The summed E-state index contributed by atoms with van der Waals surface area (Å²) in [5, 5.41) is 6.28. The van der Waals surface area contributed by atoms with Gasteiger partial charge in [0.15, 0.2) is 0 Å². The number of hydrogen-bond donors (Lipinski definition) is 3. The molecule has 0 saturated carbocycles. The molecule has 2 aromatic heterocycles. The van der Waals surface area contributed by atoms with Crippen molar-refractivity contribution >= 4 is 44.7 Å². The van der Waals surface area contributed by atoms with Gasteiger partial charge in [-0.2, -0.15) is 4.98 Å². The van der Waals surface area contributed by atoms with Gasteiger partial charge in [-0.3, -0.25) is 5.43 Å². The Morgan fingerprint density at radius 2 is 1.86 bits per heavy atom. The van der Waals surface area contributed by atoms with Gasteiger partial charge in [0.1, 0.15) is 10.6 Å². The average Bonchev–Trinajstić information content (AvgIpc) is 2.96. The van der Waals surface area contributed by atoms with E-state index < -0.39 is 0 Å². The number of nitrogens with two attached hydrogens (primary N) is 1. The molecule has 0 unspecified atom stereocenters. The fourth-order valence-corrected chi connectivity index (χ4v) is 2.76. The largest absolute Gasteiger partial charge is 0.378 e. The van der Waals surface area contributed by atoms with E-state index in [-0.39, 0.29) is 0 Å². The summed E-state index contributed by atoms with van der Waals surface area (Å²) in [6, 6.07) is 10.1. The summed E-state index contributed by atoms with van der Waals surface area (Å²) in [4.78, 5) is 11.7. The fraction of sp³-hybridized carbons (Fsp3) is 0.143. The van der Waals surface area contributed by atoms with Crippen molar-refractivity contribution in [2.45, 2.75) is 0 Å². The van der Waals surface area contributed by atoms with Crippen molar-refractivity contribution in [2.75, 3.05) is 29.7 Å². The minimum Gasteiger partial charge on any atom is -0.378 e. The molecule has 7 heteroatoms. The second-order valence-electron chi connectivity index (χ2n) is 4.75. The summed E-state index contributed by atoms with van der Waals surface area (Å²) in [7, 11) is 4.03. The summed E-state index contributed by atoms with van der Waals surface area (Å²) in [5.41, 5.74) is 4.61. The van der Waals surface area contributed by atoms with Gasteiger partial charge in [0, 0.05) is 25.5 Å². The van der Waals surface area contributed by atoms with Crippen LogP contribution in [0.5, 0.6) is 0 Å². The van der Waals surface area contributed by atoms with Crippen molar-refractivity contribution in [1.29, 1.82) is 0 Å². The van der Waals surface area contributed by atoms with E-state index in [2.05, 4.69) is 37.7 Å². The van der Waals surface area contributed by atoms with Gasteiger partial charge >= 0.3 is 0 Å². The number of nitrogens with zero attached hydrogens (tertiary/aromatic N) is 3. The first-order valence-electron chi connectivity index (χ1n) is 6.43. The number of benzene rings is 1. The van der Waals surface area contributed by atoms with Crippen molar-refractivity contribution in [3.05, 3.63) is 35.7 Å². The standard InChI is InChI=1S/C14H16N6S/c1-20(2)10-5-3-9(4-6-10)16-12-11-7-8-21-13(11)18-14(17-12)19-15/h3-8H,15H2,1-2H3,(H2,16,17,18,19). The van der Waals surface area contributed by atoms with Gasteiger partial charge in [0.2, 0.25) is 5.95 Å². The molecular formula is C14H16N6S. The van der Waals surface area contributed by atoms with E-state index in [0.29, 0.717) is 5.95 Å². The third kappa shape index (κ3) is 2.74. The number of anilines is 4. The molecule has 0 aliphatic rings. The highest BCUT2D eigenvalue weighted by Crippen LogP contribution is 2.29. The molecule has 21 heavy (non-hydrogen) atoms. The van der Waals surface area contributed by atoms with Crippen LogP contribution in [0, 0.1) is 0 Å². The summed E-state index contributed by atoms with van der Waals surface area (Å²) < 4.78 is 0. The zero-order valence-corrected chi connectivity index (χ0v) is 12.6. The summed E-state index contributed by atoms with van der Waals surface area (Å²) in [6.45, 7) is 0. The van der Waals surface area contributed by atoms with Crippen LogP contribution in [0.3, 0.4) is 0 Å². The molecule has 0 aliphatic carbocycles. The van der Waals surface area contributed by atoms with Gasteiger partial charge < -0.3 is 10.2 Å². The van der Waals surface area contributed by atoms with Gasteiger partial charge in [-0.15, -0.1) is 11.3 Å². The highest BCUT2D eigenvalue weighted by atomic mass is 32.1. The van der Waals surface area contributed by atoms with Gasteiger partial charge in [-0.1, -0.05) is 0 Å². The maximum absolute atomic E-state index is 5.42. The molecule has 0 atom stereocenters. The molecule has 0 aliphatic heterocycles. The SMILES string of the molecule is CN(C)c1ccc(Nc2nc(NN)nc3sccc23)cc1. The lowest BCUT2D eigenvalue weighted by Crippen LogP contribution is -2.11. The van der Waals surface area contributed by atoms with Crippen LogP contribution in [-0.2, 0) is 0 Å². The summed E-state index contributed by atoms with van der Waals surface area (Å²) >= 11 is 1.55. The van der Waals surface area contributed by atoms with E-state index in [0.717, 1.165) is 27.4 Å². The Balaban J connectivity index is 1.95. The quantitative estimate of drug-likeness (QED) is 0.508. The first-order valence-corrected chi connectivity index (χ1v) is 7.31. The van der Waals surface area contributed by atoms with Crippen LogP contribution >= 0.6 is 11.3 Å². The van der Waals surface area contributed by atoms with E-state index in [9.17, 15) is 0 Å². The van der Waals surface area contributed by atoms with Crippen LogP contribution < -0.4 is 21.5 Å². The predicted molar refractivity (Wildman–Crippen MR) is 89.3 cm³/mol. The van der Waals surface area contributed by atoms with E-state index in [1.165, 1.54) is 0 Å². The van der Waals surface area contributed by atoms with Crippen molar-refractivity contribution in [2.24, 2.45) is 5.84 Å². The second kappa shape index (κ2) is 5.55. The molecule has 1 aromatic carbocycles. The van der Waals surface area contributed by atoms with E-state index in [1.807, 2.05) is 37.7 Å². The minimum atomic E-state index is 0.400. The molecule has 4 N–H and O–H groups in total. The van der Waals surface area contributed by atoms with E-state index in [4.69, 9.17) is 5.84 Å². The number of thiophene rings is 1. The Hall–Kier alpha value is -2.38. The molecule has 108 valence electrons. The molecule has 0 saturated heterocycles. The van der Waals surface area contributed by atoms with Crippen LogP contribution in [0.4, 0.5) is 23.1 Å². The Bertz CT molecular complexity index is 750. The number of hydrazine groups is 1. The molecule has 0 bridgehead atoms. The Morgan fingerprint density at radius 3 is 2.52 bits per heavy atom. The van der Waals surface area contributed by atoms with E-state index >= 15 is 0 Å². The third-order valence-electron chi connectivity index (χ3n) is 3.10. The zero-order chi connectivity index (χ0) is 14.8. The maximum Gasteiger partial charge on any atom is 0.240 e. The van der Waals surface area contributed by atoms with Crippen molar-refractivity contribution < 1.29 is 0 Å². The molecule has 2 heterocycles. The van der Waals surface area contributed by atoms with E-state index in [1.54, 1.807) is 11.3 Å². The summed E-state index contributed by atoms with van der Waals surface area (Å²) in [5.74, 6) is 6.56. The first kappa shape index (κ1) is 13.6. The van der Waals surface area contributed by atoms with Crippen LogP contribution in [0.1, 0.15) is 0 Å². The number of rotatable bonds is 4. The Kier molecular flexibility index (Phi) is 3.59. The molecular weight excluding hydrogens is 284 g/mol. The topological polar surface area (TPSA) is 79.1 Å². The van der Waals surface area contributed by atoms with Gasteiger partial charge in [0.05, 0.1) is 5.39 Å². The highest BCUT2D eigenvalue weighted by molar-refractivity contribution is 7.16. The lowest BCUT2D eigenvalue weighted by molar-refractivity contribution is 1.13. The first-order chi connectivity index (χ1) is 10.2. The molecule has 6 nitrogen and oxygen atoms in total. The molecule has 3 rings (SSSR count). The van der Waals surface area contributed by atoms with Crippen LogP contribution in [0.25, 0.3) is 10.2 Å². The zero-order valence-electron chi connectivity index (χ0n) is 11.8. The summed E-state index contributed by atoms with van der Waals surface area (Å²) in [6.07, 6.45) is 0. The number of nitrogen functional groups attached to an aromatic ring is 1. The lowest BCUT2D eigenvalue weighted by Gasteiger charge is -2.13. The number of fused-ring (bicyclic) bond motifs is 1. The molecule has 0 spiro atoms. The normalized spacial score (nSPS) is 10.6. The molecule has 0 fully saturated rings. The van der Waals surface area contributed by atoms with Crippen molar-refractivity contribution in [3.8, 4) is 0 Å². The molecule has 0 amide bonds. The van der Waals surface area contributed by atoms with Gasteiger partial charge in [-0.25, -0.2) is 10.8 Å². The number of hydrogen-bond acceptors (Lipinski definition) is 7. The lowest BCUT2D eigenvalue weighted by atomic mass is 10.2. The van der Waals surface area contributed by atoms with Gasteiger partial charge in [-0.05, 0) is 35.7 Å². The fourth-order valence-electron chi connectivity index (χ4n) is 1.99. The predicted octanol–water partition coefficient (Wildman–Crippen LogP) is 2.79. The monoisotopic (exact) mass is 300 g/mol. The second-order valence-corrected chi connectivity index (χ2v) is 5.64. The van der Waals surface area contributed by atoms with Crippen molar-refractivity contribution in [1.82, 2.24) is 9.97 Å². The maximum atomic E-state index is 5.42. The number of nitrogens with one attached hydrogen (secondary N) is 2. The van der Waals surface area contributed by atoms with Crippen molar-refractivity contribution in [3.63, 3.8) is 0 Å².